The largest absolute Gasteiger partial charge is 0.363 e. The number of H-pyrrole nitrogens is 1. The molecule has 2 rings (SSSR count). The summed E-state index contributed by atoms with van der Waals surface area (Å²) >= 11 is 0. The van der Waals surface area contributed by atoms with E-state index in [1.807, 2.05) is 0 Å². The second kappa shape index (κ2) is 3.84. The van der Waals surface area contributed by atoms with E-state index in [4.69, 9.17) is 4.74 Å². The summed E-state index contributed by atoms with van der Waals surface area (Å²) in [6, 6.07) is 1.38. The predicted octanol–water partition coefficient (Wildman–Crippen LogP) is 0.0500. The Morgan fingerprint density at radius 3 is 3.27 bits per heavy atom. The number of imidazole rings is 1. The molecule has 0 radical (unpaired) electrons. The first-order valence-electron chi connectivity index (χ1n) is 4.58. The fourth-order valence-electron chi connectivity index (χ4n) is 1.34. The molecule has 1 unspecified atom stereocenters. The van der Waals surface area contributed by atoms with Gasteiger partial charge in [-0.05, 0) is 6.92 Å². The molecule has 6 heteroatoms. The SMILES string of the molecule is CCOC(O)c1ncn2ccc(=O)[nH]c12. The monoisotopic (exact) mass is 209 g/mol. The van der Waals surface area contributed by atoms with Crippen molar-refractivity contribution in [3.8, 4) is 0 Å². The molecule has 0 saturated heterocycles. The van der Waals surface area contributed by atoms with Gasteiger partial charge in [-0.3, -0.25) is 9.20 Å². The Morgan fingerprint density at radius 2 is 2.53 bits per heavy atom. The zero-order valence-corrected chi connectivity index (χ0v) is 8.17. The molecule has 2 N–H and O–H groups in total. The molecule has 80 valence electrons. The number of aromatic nitrogens is 3. The maximum Gasteiger partial charge on any atom is 0.251 e. The van der Waals surface area contributed by atoms with E-state index in [-0.39, 0.29) is 5.56 Å². The number of aliphatic hydroxyl groups is 1. The quantitative estimate of drug-likeness (QED) is 0.700. The Bertz CT molecular complexity index is 517. The summed E-state index contributed by atoms with van der Waals surface area (Å²) in [6.45, 7) is 2.14. The van der Waals surface area contributed by atoms with Gasteiger partial charge in [0.15, 0.2) is 0 Å². The van der Waals surface area contributed by atoms with Crippen LogP contribution in [0, 0.1) is 0 Å². The molecular formula is C9H11N3O3. The van der Waals surface area contributed by atoms with E-state index in [0.717, 1.165) is 0 Å². The zero-order chi connectivity index (χ0) is 10.8. The van der Waals surface area contributed by atoms with Crippen molar-refractivity contribution in [2.75, 3.05) is 6.61 Å². The zero-order valence-electron chi connectivity index (χ0n) is 8.17. The third-order valence-electron chi connectivity index (χ3n) is 2.01. The molecule has 0 fully saturated rings. The van der Waals surface area contributed by atoms with Crippen LogP contribution in [0.15, 0.2) is 23.4 Å². The van der Waals surface area contributed by atoms with Crippen LogP contribution in [0.5, 0.6) is 0 Å². The molecule has 15 heavy (non-hydrogen) atoms. The van der Waals surface area contributed by atoms with Crippen molar-refractivity contribution in [1.82, 2.24) is 14.4 Å². The van der Waals surface area contributed by atoms with E-state index >= 15 is 0 Å². The van der Waals surface area contributed by atoms with Gasteiger partial charge in [-0.15, -0.1) is 0 Å². The summed E-state index contributed by atoms with van der Waals surface area (Å²) in [6.07, 6.45) is 1.96. The lowest BCUT2D eigenvalue weighted by Crippen LogP contribution is -2.09. The number of aliphatic hydroxyl groups excluding tert-OH is 1. The van der Waals surface area contributed by atoms with Crippen molar-refractivity contribution in [3.05, 3.63) is 34.6 Å². The molecule has 1 atom stereocenters. The number of ether oxygens (including phenoxy) is 1. The van der Waals surface area contributed by atoms with Gasteiger partial charge in [-0.1, -0.05) is 0 Å². The van der Waals surface area contributed by atoms with Crippen LogP contribution in [0.1, 0.15) is 18.9 Å². The van der Waals surface area contributed by atoms with Crippen LogP contribution in [0.2, 0.25) is 0 Å². The molecule has 0 aliphatic heterocycles. The van der Waals surface area contributed by atoms with Gasteiger partial charge in [0.2, 0.25) is 6.29 Å². The first kappa shape index (κ1) is 9.88. The third kappa shape index (κ3) is 1.77. The van der Waals surface area contributed by atoms with Gasteiger partial charge in [-0.2, -0.15) is 0 Å². The molecule has 0 saturated carbocycles. The second-order valence-corrected chi connectivity index (χ2v) is 3.00. The number of hydrogen-bond acceptors (Lipinski definition) is 4. The van der Waals surface area contributed by atoms with E-state index < -0.39 is 6.29 Å². The fraction of sp³-hybridized carbons (Fsp3) is 0.333. The van der Waals surface area contributed by atoms with E-state index in [9.17, 15) is 9.90 Å². The number of hydrogen-bond donors (Lipinski definition) is 2. The summed E-state index contributed by atoms with van der Waals surface area (Å²) in [5.74, 6) is 0. The summed E-state index contributed by atoms with van der Waals surface area (Å²) in [5, 5.41) is 9.58. The summed E-state index contributed by atoms with van der Waals surface area (Å²) in [5.41, 5.74) is 0.519. The molecule has 0 spiro atoms. The highest BCUT2D eigenvalue weighted by Gasteiger charge is 2.14. The number of fused-ring (bicyclic) bond motifs is 1. The normalized spacial score (nSPS) is 13.2. The van der Waals surface area contributed by atoms with Gasteiger partial charge in [0.1, 0.15) is 17.7 Å². The Labute approximate surface area is 85.2 Å². The average molecular weight is 209 g/mol. The van der Waals surface area contributed by atoms with Crippen molar-refractivity contribution >= 4 is 5.65 Å². The van der Waals surface area contributed by atoms with Gasteiger partial charge in [0, 0.05) is 18.9 Å². The molecule has 2 aromatic heterocycles. The Kier molecular flexibility index (Phi) is 2.53. The van der Waals surface area contributed by atoms with E-state index in [0.29, 0.717) is 17.9 Å². The van der Waals surface area contributed by atoms with Crippen LogP contribution in [-0.2, 0) is 4.74 Å². The molecule has 0 bridgehead atoms. The summed E-state index contributed by atoms with van der Waals surface area (Å²) in [4.78, 5) is 17.7. The Morgan fingerprint density at radius 1 is 1.73 bits per heavy atom. The standard InChI is InChI=1S/C9H11N3O3/c1-2-15-9(14)7-8-11-6(13)3-4-12(8)5-10-7/h3-5,9,14H,2H2,1H3,(H,11,13). The number of nitrogens with zero attached hydrogens (tertiary/aromatic N) is 2. The Balaban J connectivity index is 2.52. The van der Waals surface area contributed by atoms with Crippen LogP contribution in [0.4, 0.5) is 0 Å². The smallest absolute Gasteiger partial charge is 0.251 e. The van der Waals surface area contributed by atoms with Gasteiger partial charge in [0.05, 0.1) is 0 Å². The minimum Gasteiger partial charge on any atom is -0.363 e. The second-order valence-electron chi connectivity index (χ2n) is 3.00. The number of rotatable bonds is 3. The van der Waals surface area contributed by atoms with E-state index in [1.165, 1.54) is 12.4 Å². The van der Waals surface area contributed by atoms with Gasteiger partial charge in [-0.25, -0.2) is 4.98 Å². The highest BCUT2D eigenvalue weighted by molar-refractivity contribution is 5.43. The fourth-order valence-corrected chi connectivity index (χ4v) is 1.34. The maximum absolute atomic E-state index is 11.1. The first-order valence-corrected chi connectivity index (χ1v) is 4.58. The minimum atomic E-state index is -1.11. The highest BCUT2D eigenvalue weighted by Crippen LogP contribution is 2.15. The summed E-state index contributed by atoms with van der Waals surface area (Å²) < 4.78 is 6.60. The minimum absolute atomic E-state index is 0.243. The van der Waals surface area contributed by atoms with Gasteiger partial charge < -0.3 is 14.8 Å². The lowest BCUT2D eigenvalue weighted by molar-refractivity contribution is -0.0996. The molecule has 0 aromatic carbocycles. The number of nitrogens with one attached hydrogen (secondary N) is 1. The lowest BCUT2D eigenvalue weighted by Gasteiger charge is -2.07. The van der Waals surface area contributed by atoms with Crippen LogP contribution in [-0.4, -0.2) is 26.1 Å². The third-order valence-corrected chi connectivity index (χ3v) is 2.01. The van der Waals surface area contributed by atoms with E-state index in [2.05, 4.69) is 9.97 Å². The number of aromatic amines is 1. The molecule has 0 aliphatic rings. The van der Waals surface area contributed by atoms with Crippen molar-refractivity contribution in [1.29, 1.82) is 0 Å². The van der Waals surface area contributed by atoms with Crippen LogP contribution >= 0.6 is 0 Å². The van der Waals surface area contributed by atoms with Gasteiger partial charge >= 0.3 is 0 Å². The van der Waals surface area contributed by atoms with Crippen LogP contribution < -0.4 is 5.56 Å². The maximum atomic E-state index is 11.1. The molecular weight excluding hydrogens is 198 g/mol. The lowest BCUT2D eigenvalue weighted by atomic mass is 10.4. The van der Waals surface area contributed by atoms with Gasteiger partial charge in [0.25, 0.3) is 5.56 Å². The van der Waals surface area contributed by atoms with Crippen LogP contribution in [0.3, 0.4) is 0 Å². The average Bonchev–Trinajstić information content (AvgIpc) is 2.60. The molecule has 2 heterocycles. The molecule has 0 amide bonds. The summed E-state index contributed by atoms with van der Waals surface area (Å²) in [7, 11) is 0. The topological polar surface area (TPSA) is 79.6 Å². The first-order chi connectivity index (χ1) is 7.22. The van der Waals surface area contributed by atoms with Crippen molar-refractivity contribution < 1.29 is 9.84 Å². The Hall–Kier alpha value is -1.66. The predicted molar refractivity (Wildman–Crippen MR) is 52.4 cm³/mol. The molecule has 0 aliphatic carbocycles. The molecule has 2 aromatic rings. The van der Waals surface area contributed by atoms with Crippen molar-refractivity contribution in [3.63, 3.8) is 0 Å². The van der Waals surface area contributed by atoms with E-state index in [1.54, 1.807) is 17.5 Å². The van der Waals surface area contributed by atoms with Crippen molar-refractivity contribution in [2.24, 2.45) is 0 Å². The van der Waals surface area contributed by atoms with Crippen molar-refractivity contribution in [2.45, 2.75) is 13.2 Å². The highest BCUT2D eigenvalue weighted by atomic mass is 16.6. The van der Waals surface area contributed by atoms with Crippen LogP contribution in [0.25, 0.3) is 5.65 Å². The molecule has 6 nitrogen and oxygen atoms in total.